The molecule has 3 rings (SSSR count). The van der Waals surface area contributed by atoms with Crippen LogP contribution in [0, 0.1) is 0 Å². The summed E-state index contributed by atoms with van der Waals surface area (Å²) < 4.78 is 36.2. The van der Waals surface area contributed by atoms with Gasteiger partial charge in [-0.2, -0.15) is 0 Å². The number of rotatable bonds is 2. The zero-order valence-corrected chi connectivity index (χ0v) is 10.5. The highest BCUT2D eigenvalue weighted by Gasteiger charge is 2.29. The van der Waals surface area contributed by atoms with E-state index in [2.05, 4.69) is 0 Å². The summed E-state index contributed by atoms with van der Waals surface area (Å²) in [6.45, 7) is 1.73. The maximum atomic E-state index is 12.2. The first-order valence-corrected chi connectivity index (χ1v) is 7.17. The van der Waals surface area contributed by atoms with Gasteiger partial charge in [-0.05, 0) is 18.6 Å². The summed E-state index contributed by atoms with van der Waals surface area (Å²) in [6, 6.07) is 4.59. The molecule has 2 heterocycles. The fourth-order valence-electron chi connectivity index (χ4n) is 1.92. The van der Waals surface area contributed by atoms with E-state index in [1.165, 1.54) is 12.1 Å². The van der Waals surface area contributed by atoms with Gasteiger partial charge in [0.1, 0.15) is 13.2 Å². The molecule has 18 heavy (non-hydrogen) atoms. The van der Waals surface area contributed by atoms with Crippen molar-refractivity contribution in [2.75, 3.05) is 26.4 Å². The highest BCUT2D eigenvalue weighted by molar-refractivity contribution is 7.89. The molecule has 0 unspecified atom stereocenters. The molecule has 2 aliphatic rings. The molecule has 2 aliphatic heterocycles. The van der Waals surface area contributed by atoms with E-state index in [9.17, 15) is 8.42 Å². The Balaban J connectivity index is 1.96. The van der Waals surface area contributed by atoms with E-state index in [0.29, 0.717) is 44.3 Å². The van der Waals surface area contributed by atoms with E-state index >= 15 is 0 Å². The van der Waals surface area contributed by atoms with E-state index in [1.807, 2.05) is 0 Å². The van der Waals surface area contributed by atoms with Crippen molar-refractivity contribution < 1.29 is 22.7 Å². The molecule has 98 valence electrons. The lowest BCUT2D eigenvalue weighted by atomic mass is 10.3. The van der Waals surface area contributed by atoms with Crippen LogP contribution in [0.25, 0.3) is 0 Å². The maximum Gasteiger partial charge on any atom is 0.265 e. The van der Waals surface area contributed by atoms with Crippen LogP contribution in [-0.2, 0) is 14.9 Å². The molecular weight excluding hydrogens is 258 g/mol. The summed E-state index contributed by atoms with van der Waals surface area (Å²) in [7, 11) is -3.60. The third-order valence-electron chi connectivity index (χ3n) is 2.80. The van der Waals surface area contributed by atoms with Gasteiger partial charge in [0.05, 0.1) is 11.5 Å². The Bertz CT molecular complexity index is 551. The monoisotopic (exact) mass is 271 g/mol. The van der Waals surface area contributed by atoms with Gasteiger partial charge in [-0.25, -0.2) is 8.42 Å². The summed E-state index contributed by atoms with van der Waals surface area (Å²) in [4.78, 5) is 5.25. The molecule has 1 fully saturated rings. The minimum atomic E-state index is -3.60. The van der Waals surface area contributed by atoms with Crippen LogP contribution in [0.5, 0.6) is 11.5 Å². The Kier molecular flexibility index (Phi) is 2.89. The van der Waals surface area contributed by atoms with Gasteiger partial charge in [-0.3, -0.25) is 4.84 Å². The first-order chi connectivity index (χ1) is 8.68. The van der Waals surface area contributed by atoms with Crippen molar-refractivity contribution in [3.8, 4) is 11.5 Å². The average Bonchev–Trinajstić information content (AvgIpc) is 2.92. The average molecular weight is 271 g/mol. The van der Waals surface area contributed by atoms with Gasteiger partial charge in [-0.15, -0.1) is 0 Å². The number of hydrogen-bond donors (Lipinski definition) is 0. The van der Waals surface area contributed by atoms with Gasteiger partial charge in [0.2, 0.25) is 0 Å². The van der Waals surface area contributed by atoms with Crippen LogP contribution in [0.4, 0.5) is 0 Å². The normalized spacial score (nSPS) is 20.0. The third kappa shape index (κ3) is 1.94. The molecule has 1 aromatic rings. The second-order valence-corrected chi connectivity index (χ2v) is 5.85. The molecule has 1 aromatic carbocycles. The fourth-order valence-corrected chi connectivity index (χ4v) is 3.23. The number of ether oxygens (including phenoxy) is 2. The van der Waals surface area contributed by atoms with E-state index < -0.39 is 10.0 Å². The Morgan fingerprint density at radius 2 is 1.83 bits per heavy atom. The standard InChI is InChI=1S/C11H13NO5S/c13-18(14,12-4-1-5-17-12)9-2-3-10-11(8-9)16-7-6-15-10/h2-3,8H,1,4-7H2. The molecule has 0 saturated carbocycles. The summed E-state index contributed by atoms with van der Waals surface area (Å²) in [6.07, 6.45) is 0.712. The van der Waals surface area contributed by atoms with Crippen LogP contribution < -0.4 is 9.47 Å². The SMILES string of the molecule is O=S(=O)(c1ccc2c(c1)OCCO2)N1CCCO1. The molecule has 6 nitrogen and oxygen atoms in total. The van der Waals surface area contributed by atoms with Crippen molar-refractivity contribution in [2.24, 2.45) is 0 Å². The van der Waals surface area contributed by atoms with Crippen LogP contribution in [0.3, 0.4) is 0 Å². The van der Waals surface area contributed by atoms with Gasteiger partial charge in [-0.1, -0.05) is 4.47 Å². The maximum absolute atomic E-state index is 12.2. The lowest BCUT2D eigenvalue weighted by molar-refractivity contribution is -0.0284. The van der Waals surface area contributed by atoms with Crippen molar-refractivity contribution in [3.63, 3.8) is 0 Å². The van der Waals surface area contributed by atoms with Crippen LogP contribution in [-0.4, -0.2) is 39.3 Å². The molecule has 0 bridgehead atoms. The predicted molar refractivity (Wildman–Crippen MR) is 61.9 cm³/mol. The first kappa shape index (κ1) is 11.8. The van der Waals surface area contributed by atoms with Gasteiger partial charge < -0.3 is 9.47 Å². The molecule has 0 N–H and O–H groups in total. The number of hydrogen-bond acceptors (Lipinski definition) is 5. The van der Waals surface area contributed by atoms with Gasteiger partial charge in [0.15, 0.2) is 11.5 Å². The van der Waals surface area contributed by atoms with Crippen molar-refractivity contribution >= 4 is 10.0 Å². The lowest BCUT2D eigenvalue weighted by Gasteiger charge is -2.20. The molecule has 0 radical (unpaired) electrons. The highest BCUT2D eigenvalue weighted by atomic mass is 32.2. The van der Waals surface area contributed by atoms with Crippen molar-refractivity contribution in [1.82, 2.24) is 4.47 Å². The Morgan fingerprint density at radius 3 is 2.56 bits per heavy atom. The molecule has 7 heteroatoms. The smallest absolute Gasteiger partial charge is 0.265 e. The number of nitrogens with zero attached hydrogens (tertiary/aromatic N) is 1. The molecule has 0 aromatic heterocycles. The van der Waals surface area contributed by atoms with Gasteiger partial charge >= 0.3 is 0 Å². The first-order valence-electron chi connectivity index (χ1n) is 5.73. The number of benzene rings is 1. The molecular formula is C11H13NO5S. The Hall–Kier alpha value is -1.31. The largest absolute Gasteiger partial charge is 0.486 e. The summed E-state index contributed by atoms with van der Waals surface area (Å²) in [5.41, 5.74) is 0. The van der Waals surface area contributed by atoms with Crippen LogP contribution >= 0.6 is 0 Å². The molecule has 0 atom stereocenters. The van der Waals surface area contributed by atoms with E-state index in [1.54, 1.807) is 6.07 Å². The number of sulfonamides is 1. The molecule has 0 spiro atoms. The second-order valence-electron chi connectivity index (χ2n) is 4.02. The summed E-state index contributed by atoms with van der Waals surface area (Å²) >= 11 is 0. The molecule has 1 saturated heterocycles. The van der Waals surface area contributed by atoms with Gasteiger partial charge in [0, 0.05) is 12.6 Å². The minimum absolute atomic E-state index is 0.161. The molecule has 0 amide bonds. The summed E-state index contributed by atoms with van der Waals surface area (Å²) in [5, 5.41) is 0. The zero-order chi connectivity index (χ0) is 12.6. The fraction of sp³-hybridized carbons (Fsp3) is 0.455. The topological polar surface area (TPSA) is 65.1 Å². The lowest BCUT2D eigenvalue weighted by Crippen LogP contribution is -2.27. The van der Waals surface area contributed by atoms with Crippen molar-refractivity contribution in [1.29, 1.82) is 0 Å². The quantitative estimate of drug-likeness (QED) is 0.795. The highest BCUT2D eigenvalue weighted by Crippen LogP contribution is 2.33. The second kappa shape index (κ2) is 4.42. The Morgan fingerprint density at radius 1 is 1.06 bits per heavy atom. The van der Waals surface area contributed by atoms with E-state index in [0.717, 1.165) is 4.47 Å². The van der Waals surface area contributed by atoms with Gasteiger partial charge in [0.25, 0.3) is 10.0 Å². The van der Waals surface area contributed by atoms with E-state index in [-0.39, 0.29) is 4.90 Å². The predicted octanol–water partition coefficient (Wildman–Crippen LogP) is 0.784. The van der Waals surface area contributed by atoms with Crippen molar-refractivity contribution in [3.05, 3.63) is 18.2 Å². The van der Waals surface area contributed by atoms with Crippen LogP contribution in [0.2, 0.25) is 0 Å². The van der Waals surface area contributed by atoms with Crippen LogP contribution in [0.15, 0.2) is 23.1 Å². The zero-order valence-electron chi connectivity index (χ0n) is 9.66. The van der Waals surface area contributed by atoms with E-state index in [4.69, 9.17) is 14.3 Å². The Labute approximate surface area is 105 Å². The number of fused-ring (bicyclic) bond motifs is 1. The number of hydroxylamine groups is 1. The third-order valence-corrected chi connectivity index (χ3v) is 4.47. The molecule has 0 aliphatic carbocycles. The van der Waals surface area contributed by atoms with Crippen molar-refractivity contribution in [2.45, 2.75) is 11.3 Å². The van der Waals surface area contributed by atoms with Crippen LogP contribution in [0.1, 0.15) is 6.42 Å². The minimum Gasteiger partial charge on any atom is -0.486 e. The summed E-state index contributed by atoms with van der Waals surface area (Å²) in [5.74, 6) is 1.03.